The van der Waals surface area contributed by atoms with Gasteiger partial charge >= 0.3 is 0 Å². The number of hydrogen-bond donors (Lipinski definition) is 2. The average molecular weight is 265 g/mol. The van der Waals surface area contributed by atoms with Crippen LogP contribution in [0.2, 0.25) is 0 Å². The van der Waals surface area contributed by atoms with E-state index in [2.05, 4.69) is 16.9 Å². The Morgan fingerprint density at radius 1 is 1.40 bits per heavy atom. The van der Waals surface area contributed by atoms with E-state index in [1.807, 2.05) is 34.9 Å². The number of benzene rings is 1. The lowest BCUT2D eigenvalue weighted by molar-refractivity contribution is 0.612. The van der Waals surface area contributed by atoms with Crippen LogP contribution in [0, 0.1) is 16.7 Å². The first-order chi connectivity index (χ1) is 9.76. The predicted octanol–water partition coefficient (Wildman–Crippen LogP) is 2.67. The maximum absolute atomic E-state index is 9.18. The second kappa shape index (κ2) is 4.82. The van der Waals surface area contributed by atoms with Crippen LogP contribution in [0.1, 0.15) is 25.5 Å². The van der Waals surface area contributed by atoms with Gasteiger partial charge in [-0.1, -0.05) is 31.5 Å². The van der Waals surface area contributed by atoms with Crippen molar-refractivity contribution in [3.63, 3.8) is 0 Å². The number of nitrogens with zero attached hydrogens (tertiary/aromatic N) is 3. The van der Waals surface area contributed by atoms with Gasteiger partial charge in [-0.15, -0.1) is 0 Å². The van der Waals surface area contributed by atoms with Gasteiger partial charge in [-0.3, -0.25) is 5.41 Å². The smallest absolute Gasteiger partial charge is 0.183 e. The van der Waals surface area contributed by atoms with Gasteiger partial charge in [0.15, 0.2) is 11.2 Å². The summed E-state index contributed by atoms with van der Waals surface area (Å²) in [6.45, 7) is 2.83. The van der Waals surface area contributed by atoms with E-state index in [0.29, 0.717) is 0 Å². The first kappa shape index (κ1) is 12.4. The lowest BCUT2D eigenvalue weighted by Gasteiger charge is -2.08. The number of nitriles is 1. The fourth-order valence-corrected chi connectivity index (χ4v) is 2.44. The van der Waals surface area contributed by atoms with Gasteiger partial charge < -0.3 is 9.55 Å². The monoisotopic (exact) mass is 265 g/mol. The number of aryl methyl sites for hydroxylation is 1. The number of aromatic amines is 1. The van der Waals surface area contributed by atoms with E-state index in [1.165, 1.54) is 0 Å². The van der Waals surface area contributed by atoms with Gasteiger partial charge in [-0.2, -0.15) is 5.26 Å². The summed E-state index contributed by atoms with van der Waals surface area (Å²) < 4.78 is 1.85. The highest BCUT2D eigenvalue weighted by Gasteiger charge is 2.12. The summed E-state index contributed by atoms with van der Waals surface area (Å²) in [6, 6.07) is 9.90. The maximum atomic E-state index is 9.18. The van der Waals surface area contributed by atoms with E-state index in [0.717, 1.165) is 41.5 Å². The fraction of sp³-hybridized carbons (Fsp3) is 0.267. The van der Waals surface area contributed by atoms with Crippen LogP contribution in [0.15, 0.2) is 24.3 Å². The van der Waals surface area contributed by atoms with Crippen molar-refractivity contribution in [3.05, 3.63) is 35.4 Å². The molecule has 0 saturated carbocycles. The molecule has 100 valence electrons. The van der Waals surface area contributed by atoms with Gasteiger partial charge in [0.1, 0.15) is 17.2 Å². The van der Waals surface area contributed by atoms with E-state index in [-0.39, 0.29) is 11.2 Å². The number of aromatic nitrogens is 3. The largest absolute Gasteiger partial charge is 0.339 e. The topological polar surface area (TPSA) is 81.2 Å². The summed E-state index contributed by atoms with van der Waals surface area (Å²) in [7, 11) is 0. The zero-order chi connectivity index (χ0) is 14.1. The highest BCUT2D eigenvalue weighted by Crippen LogP contribution is 2.22. The number of fused-ring (bicyclic) bond motifs is 3. The molecule has 0 radical (unpaired) electrons. The number of H-pyrrole nitrogens is 1. The van der Waals surface area contributed by atoms with E-state index >= 15 is 0 Å². The quantitative estimate of drug-likeness (QED) is 0.763. The summed E-state index contributed by atoms with van der Waals surface area (Å²) in [5.74, 6) is 0. The lowest BCUT2D eigenvalue weighted by atomic mass is 10.2. The Bertz CT molecular complexity index is 879. The molecule has 3 rings (SSSR count). The van der Waals surface area contributed by atoms with Crippen LogP contribution in [0.3, 0.4) is 0 Å². The van der Waals surface area contributed by atoms with Crippen molar-refractivity contribution < 1.29 is 0 Å². The van der Waals surface area contributed by atoms with E-state index in [4.69, 9.17) is 5.41 Å². The summed E-state index contributed by atoms with van der Waals surface area (Å²) >= 11 is 0. The van der Waals surface area contributed by atoms with E-state index in [9.17, 15) is 5.26 Å². The molecule has 0 fully saturated rings. The van der Waals surface area contributed by atoms with E-state index in [1.54, 1.807) is 0 Å². The lowest BCUT2D eigenvalue weighted by Crippen LogP contribution is -2.24. The van der Waals surface area contributed by atoms with Crippen LogP contribution in [0.25, 0.3) is 22.1 Å². The molecule has 2 N–H and O–H groups in total. The molecule has 5 heteroatoms. The number of nitrogens with one attached hydrogen (secondary N) is 2. The first-order valence-electron chi connectivity index (χ1n) is 6.72. The summed E-state index contributed by atoms with van der Waals surface area (Å²) in [5, 5.41) is 18.3. The Labute approximate surface area is 116 Å². The Hall–Kier alpha value is -2.61. The molecule has 0 aliphatic carbocycles. The zero-order valence-electron chi connectivity index (χ0n) is 11.3. The van der Waals surface area contributed by atoms with Crippen molar-refractivity contribution in [1.29, 1.82) is 10.7 Å². The van der Waals surface area contributed by atoms with Crippen molar-refractivity contribution in [2.24, 2.45) is 0 Å². The van der Waals surface area contributed by atoms with Crippen molar-refractivity contribution in [1.82, 2.24) is 14.5 Å². The Morgan fingerprint density at radius 2 is 2.20 bits per heavy atom. The normalized spacial score (nSPS) is 11.0. The molecular formula is C15H15N5. The molecule has 0 bridgehead atoms. The summed E-state index contributed by atoms with van der Waals surface area (Å²) in [5.41, 5.74) is 2.93. The minimum Gasteiger partial charge on any atom is -0.339 e. The Balaban J connectivity index is 2.42. The van der Waals surface area contributed by atoms with Crippen LogP contribution in [0.5, 0.6) is 0 Å². The third-order valence-electron chi connectivity index (χ3n) is 3.49. The van der Waals surface area contributed by atoms with Crippen LogP contribution in [-0.4, -0.2) is 14.5 Å². The highest BCUT2D eigenvalue weighted by molar-refractivity contribution is 6.03. The third-order valence-corrected chi connectivity index (χ3v) is 3.49. The number of rotatable bonds is 3. The molecule has 0 amide bonds. The molecular weight excluding hydrogens is 250 g/mol. The maximum Gasteiger partial charge on any atom is 0.183 e. The van der Waals surface area contributed by atoms with Gasteiger partial charge in [-0.05, 0) is 12.5 Å². The fourth-order valence-electron chi connectivity index (χ4n) is 2.44. The van der Waals surface area contributed by atoms with Crippen LogP contribution >= 0.6 is 0 Å². The minimum absolute atomic E-state index is 0.179. The molecule has 1 aromatic carbocycles. The zero-order valence-corrected chi connectivity index (χ0v) is 11.3. The van der Waals surface area contributed by atoms with Crippen molar-refractivity contribution in [2.75, 3.05) is 0 Å². The molecule has 0 saturated heterocycles. The third kappa shape index (κ3) is 1.77. The van der Waals surface area contributed by atoms with Gasteiger partial charge in [0.05, 0.1) is 0 Å². The van der Waals surface area contributed by atoms with Gasteiger partial charge in [0, 0.05) is 17.4 Å². The number of unbranched alkanes of at least 4 members (excludes halogenated alkanes) is 1. The molecule has 2 heterocycles. The summed E-state index contributed by atoms with van der Waals surface area (Å²) in [4.78, 5) is 7.67. The first-order valence-corrected chi connectivity index (χ1v) is 6.72. The second-order valence-electron chi connectivity index (χ2n) is 4.79. The SMILES string of the molecule is CCCCn1c(=N)c(C#N)nc2c3ccccc3[nH]c21. The van der Waals surface area contributed by atoms with Crippen LogP contribution in [-0.2, 0) is 6.54 Å². The second-order valence-corrected chi connectivity index (χ2v) is 4.79. The Kier molecular flexibility index (Phi) is 2.99. The molecule has 0 unspecified atom stereocenters. The molecule has 20 heavy (non-hydrogen) atoms. The van der Waals surface area contributed by atoms with Crippen LogP contribution in [0.4, 0.5) is 0 Å². The average Bonchev–Trinajstić information content (AvgIpc) is 2.84. The van der Waals surface area contributed by atoms with Crippen molar-refractivity contribution in [3.8, 4) is 6.07 Å². The molecule has 0 spiro atoms. The van der Waals surface area contributed by atoms with Gasteiger partial charge in [0.25, 0.3) is 0 Å². The Morgan fingerprint density at radius 3 is 2.95 bits per heavy atom. The van der Waals surface area contributed by atoms with Gasteiger partial charge in [-0.25, -0.2) is 4.98 Å². The van der Waals surface area contributed by atoms with Crippen molar-refractivity contribution in [2.45, 2.75) is 26.3 Å². The van der Waals surface area contributed by atoms with Crippen LogP contribution < -0.4 is 5.49 Å². The van der Waals surface area contributed by atoms with E-state index < -0.39 is 0 Å². The molecule has 2 aromatic heterocycles. The summed E-state index contributed by atoms with van der Waals surface area (Å²) in [6.07, 6.45) is 2.01. The van der Waals surface area contributed by atoms with Crippen molar-refractivity contribution >= 4 is 22.1 Å². The molecule has 0 aliphatic rings. The standard InChI is InChI=1S/C15H15N5/c1-2-3-8-20-14(17)12(9-16)18-13-10-6-4-5-7-11(10)19-15(13)20/h4-7,17,19H,2-3,8H2,1H3. The van der Waals surface area contributed by atoms with Gasteiger partial charge in [0.2, 0.25) is 0 Å². The molecule has 5 nitrogen and oxygen atoms in total. The number of para-hydroxylation sites is 1. The molecule has 0 aliphatic heterocycles. The number of hydrogen-bond acceptors (Lipinski definition) is 3. The molecule has 0 atom stereocenters. The molecule has 3 aromatic rings. The highest BCUT2D eigenvalue weighted by atomic mass is 15.1. The minimum atomic E-state index is 0.179. The predicted molar refractivity (Wildman–Crippen MR) is 77.1 cm³/mol.